The van der Waals surface area contributed by atoms with Crippen LogP contribution in [0.1, 0.15) is 58.9 Å². The van der Waals surface area contributed by atoms with Gasteiger partial charge in [0.25, 0.3) is 5.91 Å². The number of aryl methyl sites for hydroxylation is 2. The van der Waals surface area contributed by atoms with Crippen molar-refractivity contribution in [2.75, 3.05) is 23.9 Å². The van der Waals surface area contributed by atoms with E-state index in [-0.39, 0.29) is 42.5 Å². The van der Waals surface area contributed by atoms with Gasteiger partial charge in [0.05, 0.1) is 36.7 Å². The molecule has 2 N–H and O–H groups in total. The molecule has 1 aromatic carbocycles. The third kappa shape index (κ3) is 6.54. The van der Waals surface area contributed by atoms with Crippen molar-refractivity contribution in [2.24, 2.45) is 7.05 Å². The lowest BCUT2D eigenvalue weighted by molar-refractivity contribution is -0.138. The quantitative estimate of drug-likeness (QED) is 0.220. The second-order valence-electron chi connectivity index (χ2n) is 12.3. The predicted octanol–water partition coefficient (Wildman–Crippen LogP) is 5.41. The summed E-state index contributed by atoms with van der Waals surface area (Å²) in [5.74, 6) is 0.564. The van der Waals surface area contributed by atoms with E-state index in [1.165, 1.54) is 11.0 Å². The normalized spacial score (nSPS) is 15.8. The minimum Gasteiger partial charge on any atom is -0.383 e. The van der Waals surface area contributed by atoms with Crippen molar-refractivity contribution in [3.8, 4) is 28.6 Å². The smallest absolute Gasteiger partial charge is 0.383 e. The topological polar surface area (TPSA) is 134 Å². The van der Waals surface area contributed by atoms with E-state index in [4.69, 9.17) is 9.72 Å². The number of carbonyl (C=O) groups excluding carboxylic acids is 1. The van der Waals surface area contributed by atoms with E-state index >= 15 is 0 Å². The fourth-order valence-corrected chi connectivity index (χ4v) is 5.91. The molecule has 1 amide bonds. The predicted molar refractivity (Wildman–Crippen MR) is 168 cm³/mol. The van der Waals surface area contributed by atoms with E-state index in [1.54, 1.807) is 30.3 Å². The summed E-state index contributed by atoms with van der Waals surface area (Å²) >= 11 is 0. The van der Waals surface area contributed by atoms with Crippen molar-refractivity contribution < 1.29 is 22.7 Å². The molecule has 1 aliphatic carbocycles. The molecule has 1 aliphatic heterocycles. The average Bonchev–Trinajstić information content (AvgIpc) is 3.50. The van der Waals surface area contributed by atoms with Gasteiger partial charge in [-0.3, -0.25) is 14.7 Å². The first-order chi connectivity index (χ1) is 22.4. The lowest BCUT2D eigenvalue weighted by Gasteiger charge is -2.21. The van der Waals surface area contributed by atoms with Crippen molar-refractivity contribution in [1.82, 2.24) is 30.0 Å². The molecule has 1 atom stereocenters. The van der Waals surface area contributed by atoms with Crippen molar-refractivity contribution in [2.45, 2.75) is 64.0 Å². The van der Waals surface area contributed by atoms with E-state index in [1.807, 2.05) is 33.0 Å². The van der Waals surface area contributed by atoms with Crippen LogP contribution in [-0.4, -0.2) is 55.9 Å². The Balaban J connectivity index is 1.45. The molecule has 0 spiro atoms. The van der Waals surface area contributed by atoms with Crippen LogP contribution >= 0.6 is 0 Å². The molecular formula is C33H34F3N9O2. The number of aromatic nitrogens is 5. The molecule has 1 fully saturated rings. The highest BCUT2D eigenvalue weighted by Crippen LogP contribution is 2.44. The maximum atomic E-state index is 14.4. The van der Waals surface area contributed by atoms with E-state index in [0.29, 0.717) is 34.9 Å². The molecule has 0 saturated heterocycles. The first kappa shape index (κ1) is 32.1. The molecule has 11 nitrogen and oxygen atoms in total. The van der Waals surface area contributed by atoms with Crippen molar-refractivity contribution >= 4 is 17.5 Å². The fraction of sp³-hybridized carbons (Fsp3) is 0.394. The van der Waals surface area contributed by atoms with E-state index in [2.05, 4.69) is 31.9 Å². The Morgan fingerprint density at radius 2 is 1.94 bits per heavy atom. The summed E-state index contributed by atoms with van der Waals surface area (Å²) in [5.41, 5.74) is 1.69. The SMILES string of the molecule is COC[C@@H](C)NCc1cc2c(c(C(F)(F)F)c1)CN(c1cc(-c3cc(C)ncc3-c3nncn3C)cc(NC3(CC#N)CC3)n1)C2=O. The van der Waals surface area contributed by atoms with Crippen molar-refractivity contribution in [1.29, 1.82) is 5.26 Å². The summed E-state index contributed by atoms with van der Waals surface area (Å²) in [6.07, 6.45) is 0.381. The molecule has 47 heavy (non-hydrogen) atoms. The molecule has 1 saturated carbocycles. The van der Waals surface area contributed by atoms with Gasteiger partial charge in [0.2, 0.25) is 0 Å². The Morgan fingerprint density at radius 3 is 2.60 bits per heavy atom. The average molecular weight is 646 g/mol. The minimum atomic E-state index is -4.67. The largest absolute Gasteiger partial charge is 0.416 e. The van der Waals surface area contributed by atoms with Crippen molar-refractivity contribution in [3.05, 3.63) is 70.8 Å². The third-order valence-corrected chi connectivity index (χ3v) is 8.53. The molecule has 0 unspecified atom stereocenters. The minimum absolute atomic E-state index is 0.0135. The van der Waals surface area contributed by atoms with Gasteiger partial charge in [0, 0.05) is 49.8 Å². The van der Waals surface area contributed by atoms with Crippen LogP contribution in [0.5, 0.6) is 0 Å². The van der Waals surface area contributed by atoms with Crippen LogP contribution in [0.3, 0.4) is 0 Å². The molecule has 4 aromatic rings. The zero-order valence-corrected chi connectivity index (χ0v) is 26.4. The number of carbonyl (C=O) groups is 1. The molecular weight excluding hydrogens is 611 g/mol. The van der Waals surface area contributed by atoms with E-state index in [9.17, 15) is 23.2 Å². The lowest BCUT2D eigenvalue weighted by atomic mass is 9.98. The second-order valence-corrected chi connectivity index (χ2v) is 12.3. The maximum Gasteiger partial charge on any atom is 0.416 e. The summed E-state index contributed by atoms with van der Waals surface area (Å²) in [4.78, 5) is 24.4. The molecule has 2 aliphatic rings. The van der Waals surface area contributed by atoms with Crippen LogP contribution in [0, 0.1) is 18.3 Å². The highest BCUT2D eigenvalue weighted by molar-refractivity contribution is 6.10. The summed E-state index contributed by atoms with van der Waals surface area (Å²) in [5, 5.41) is 24.2. The van der Waals surface area contributed by atoms with Gasteiger partial charge in [-0.1, -0.05) is 0 Å². The Bertz CT molecular complexity index is 1880. The van der Waals surface area contributed by atoms with Crippen LogP contribution < -0.4 is 15.5 Å². The molecule has 14 heteroatoms. The Kier molecular flexibility index (Phi) is 8.46. The number of pyridine rings is 2. The third-order valence-electron chi connectivity index (χ3n) is 8.53. The van der Waals surface area contributed by atoms with Gasteiger partial charge < -0.3 is 19.9 Å². The van der Waals surface area contributed by atoms with Gasteiger partial charge in [-0.05, 0) is 79.3 Å². The molecule has 4 heterocycles. The van der Waals surface area contributed by atoms with Crippen LogP contribution in [0.4, 0.5) is 24.8 Å². The molecule has 0 radical (unpaired) electrons. The summed E-state index contributed by atoms with van der Waals surface area (Å²) in [6.45, 7) is 3.91. The number of fused-ring (bicyclic) bond motifs is 1. The number of alkyl halides is 3. The first-order valence-corrected chi connectivity index (χ1v) is 15.2. The number of benzene rings is 1. The highest BCUT2D eigenvalue weighted by atomic mass is 19.4. The number of ether oxygens (including phenoxy) is 1. The zero-order chi connectivity index (χ0) is 33.5. The molecule has 3 aromatic heterocycles. The lowest BCUT2D eigenvalue weighted by Crippen LogP contribution is -2.29. The van der Waals surface area contributed by atoms with E-state index < -0.39 is 23.2 Å². The fourth-order valence-electron chi connectivity index (χ4n) is 5.91. The first-order valence-electron chi connectivity index (χ1n) is 15.2. The Hall–Kier alpha value is -4.87. The van der Waals surface area contributed by atoms with Gasteiger partial charge in [0.1, 0.15) is 18.0 Å². The number of nitrogens with zero attached hydrogens (tertiary/aromatic N) is 7. The molecule has 0 bridgehead atoms. The number of methoxy groups -OCH3 is 1. The summed E-state index contributed by atoms with van der Waals surface area (Å²) < 4.78 is 50.1. The number of nitrogens with one attached hydrogen (secondary N) is 2. The highest BCUT2D eigenvalue weighted by Gasteiger charge is 2.44. The van der Waals surface area contributed by atoms with Crippen LogP contribution in [-0.2, 0) is 31.1 Å². The van der Waals surface area contributed by atoms with Crippen LogP contribution in [0.15, 0.2) is 42.9 Å². The van der Waals surface area contributed by atoms with Crippen LogP contribution in [0.2, 0.25) is 0 Å². The van der Waals surface area contributed by atoms with Gasteiger partial charge in [-0.15, -0.1) is 10.2 Å². The Morgan fingerprint density at radius 1 is 1.15 bits per heavy atom. The monoisotopic (exact) mass is 645 g/mol. The zero-order valence-electron chi connectivity index (χ0n) is 26.4. The van der Waals surface area contributed by atoms with Crippen molar-refractivity contribution in [3.63, 3.8) is 0 Å². The molecule has 6 rings (SSSR count). The van der Waals surface area contributed by atoms with Crippen LogP contribution in [0.25, 0.3) is 22.5 Å². The summed E-state index contributed by atoms with van der Waals surface area (Å²) in [6, 6.07) is 10.1. The maximum absolute atomic E-state index is 14.4. The number of halogens is 3. The second kappa shape index (κ2) is 12.4. The van der Waals surface area contributed by atoms with Gasteiger partial charge in [0.15, 0.2) is 5.82 Å². The van der Waals surface area contributed by atoms with Gasteiger partial charge >= 0.3 is 6.18 Å². The molecule has 244 valence electrons. The van der Waals surface area contributed by atoms with Gasteiger partial charge in [-0.25, -0.2) is 4.98 Å². The van der Waals surface area contributed by atoms with E-state index in [0.717, 1.165) is 30.2 Å². The number of hydrogen-bond acceptors (Lipinski definition) is 9. The number of hydrogen-bond donors (Lipinski definition) is 2. The Labute approximate surface area is 269 Å². The number of amides is 1. The standard InChI is InChI=1S/C33H34F3N9O2/c1-19-9-23(25(15-39-19)30-43-40-18-44(30)3)22-12-28(42-32(5-6-32)7-8-37)41-29(13-22)45-16-26-24(31(45)46)10-21(11-27(26)33(34,35)36)14-38-20(2)17-47-4/h9-13,15,18,20,38H,5-7,14,16-17H2,1-4H3,(H,41,42)/t20-/m1/s1. The number of nitriles is 1. The summed E-state index contributed by atoms with van der Waals surface area (Å²) in [7, 11) is 3.36. The number of anilines is 2. The van der Waals surface area contributed by atoms with Gasteiger partial charge in [-0.2, -0.15) is 18.4 Å². The number of rotatable bonds is 11.